The Balaban J connectivity index is 1.72. The highest BCUT2D eigenvalue weighted by atomic mass is 35.5. The summed E-state index contributed by atoms with van der Waals surface area (Å²) in [7, 11) is 0. The lowest BCUT2D eigenvalue weighted by molar-refractivity contribution is -0.113. The van der Waals surface area contributed by atoms with Crippen LogP contribution in [0.15, 0.2) is 53.4 Å². The maximum Gasteiger partial charge on any atom is 0.270 e. The Morgan fingerprint density at radius 3 is 2.50 bits per heavy atom. The van der Waals surface area contributed by atoms with Gasteiger partial charge in [-0.25, -0.2) is 4.39 Å². The molecule has 0 aliphatic carbocycles. The molecule has 152 valence electrons. The molecular formula is C22H15Cl2FN2OS2. The molecule has 0 bridgehead atoms. The molecule has 1 fully saturated rings. The minimum Gasteiger partial charge on any atom is -0.318 e. The molecule has 3 aromatic rings. The molecule has 1 aliphatic rings. The maximum atomic E-state index is 14.2. The highest BCUT2D eigenvalue weighted by molar-refractivity contribution is 8.27. The topological polar surface area (TPSA) is 25.2 Å². The van der Waals surface area contributed by atoms with Crippen LogP contribution in [0, 0.1) is 19.7 Å². The molecule has 0 unspecified atom stereocenters. The summed E-state index contributed by atoms with van der Waals surface area (Å²) in [6, 6.07) is 13.5. The second-order valence-corrected chi connectivity index (χ2v) is 9.22. The summed E-state index contributed by atoms with van der Waals surface area (Å²) >= 11 is 18.7. The van der Waals surface area contributed by atoms with E-state index in [0.717, 1.165) is 34.4 Å². The molecule has 0 saturated carbocycles. The number of hydrogen-bond donors (Lipinski definition) is 0. The first-order chi connectivity index (χ1) is 14.3. The number of benzene rings is 2. The first-order valence-electron chi connectivity index (χ1n) is 8.95. The molecule has 1 aromatic heterocycles. The number of amides is 1. The lowest BCUT2D eigenvalue weighted by atomic mass is 10.2. The second-order valence-electron chi connectivity index (χ2n) is 6.73. The summed E-state index contributed by atoms with van der Waals surface area (Å²) in [6.07, 6.45) is 1.79. The first-order valence-corrected chi connectivity index (χ1v) is 10.9. The molecule has 2 aromatic carbocycles. The predicted octanol–water partition coefficient (Wildman–Crippen LogP) is 6.95. The van der Waals surface area contributed by atoms with E-state index in [4.69, 9.17) is 35.4 Å². The summed E-state index contributed by atoms with van der Waals surface area (Å²) < 4.78 is 16.5. The second kappa shape index (κ2) is 8.19. The number of nitrogens with zero attached hydrogens (tertiary/aromatic N) is 2. The van der Waals surface area contributed by atoms with E-state index in [1.54, 1.807) is 36.4 Å². The Labute approximate surface area is 193 Å². The van der Waals surface area contributed by atoms with Crippen molar-refractivity contribution in [3.8, 4) is 5.69 Å². The Kier molecular flexibility index (Phi) is 5.77. The fourth-order valence-electron chi connectivity index (χ4n) is 3.40. The Morgan fingerprint density at radius 2 is 1.80 bits per heavy atom. The highest BCUT2D eigenvalue weighted by Crippen LogP contribution is 2.38. The van der Waals surface area contributed by atoms with Crippen molar-refractivity contribution in [2.75, 3.05) is 4.90 Å². The Morgan fingerprint density at radius 1 is 1.07 bits per heavy atom. The molecule has 8 heteroatoms. The minimum atomic E-state index is -0.493. The SMILES string of the molecule is Cc1cc(/C=C2/SC(=S)N(c3ccccc3F)C2=O)c(C)n1-c1ccc(Cl)c(Cl)c1. The number of halogens is 3. The fourth-order valence-corrected chi connectivity index (χ4v) is 4.97. The molecule has 4 rings (SSSR count). The molecule has 0 radical (unpaired) electrons. The summed E-state index contributed by atoms with van der Waals surface area (Å²) in [4.78, 5) is 14.6. The minimum absolute atomic E-state index is 0.157. The van der Waals surface area contributed by atoms with Gasteiger partial charge in [0, 0.05) is 17.1 Å². The van der Waals surface area contributed by atoms with Crippen LogP contribution in [0.2, 0.25) is 10.0 Å². The zero-order valence-electron chi connectivity index (χ0n) is 15.9. The highest BCUT2D eigenvalue weighted by Gasteiger charge is 2.35. The van der Waals surface area contributed by atoms with E-state index in [1.165, 1.54) is 11.0 Å². The van der Waals surface area contributed by atoms with Gasteiger partial charge in [-0.3, -0.25) is 9.69 Å². The number of aromatic nitrogens is 1. The van der Waals surface area contributed by atoms with Gasteiger partial charge in [0.2, 0.25) is 0 Å². The molecule has 3 nitrogen and oxygen atoms in total. The van der Waals surface area contributed by atoms with Crippen molar-refractivity contribution in [1.29, 1.82) is 0 Å². The zero-order valence-corrected chi connectivity index (χ0v) is 19.1. The van der Waals surface area contributed by atoms with Gasteiger partial charge in [0.25, 0.3) is 5.91 Å². The monoisotopic (exact) mass is 476 g/mol. The van der Waals surface area contributed by atoms with Crippen molar-refractivity contribution in [3.63, 3.8) is 0 Å². The first kappa shape index (κ1) is 21.1. The van der Waals surface area contributed by atoms with Crippen LogP contribution >= 0.6 is 47.2 Å². The largest absolute Gasteiger partial charge is 0.318 e. The van der Waals surface area contributed by atoms with Gasteiger partial charge in [-0.2, -0.15) is 0 Å². The average Bonchev–Trinajstić information content (AvgIpc) is 3.13. The van der Waals surface area contributed by atoms with Gasteiger partial charge < -0.3 is 4.57 Å². The van der Waals surface area contributed by atoms with Crippen molar-refractivity contribution in [3.05, 3.63) is 86.2 Å². The van der Waals surface area contributed by atoms with Crippen LogP contribution in [-0.2, 0) is 4.79 Å². The van der Waals surface area contributed by atoms with E-state index in [1.807, 2.05) is 30.5 Å². The van der Waals surface area contributed by atoms with Crippen LogP contribution in [0.3, 0.4) is 0 Å². The average molecular weight is 477 g/mol. The van der Waals surface area contributed by atoms with Crippen molar-refractivity contribution in [2.24, 2.45) is 0 Å². The summed E-state index contributed by atoms with van der Waals surface area (Å²) in [5, 5.41) is 0.953. The third kappa shape index (κ3) is 3.69. The van der Waals surface area contributed by atoms with Gasteiger partial charge in [-0.15, -0.1) is 0 Å². The molecule has 0 N–H and O–H groups in total. The Hall–Kier alpha value is -2.12. The number of carbonyl (C=O) groups is 1. The number of para-hydroxylation sites is 1. The number of carbonyl (C=O) groups excluding carboxylic acids is 1. The number of anilines is 1. The normalized spacial score (nSPS) is 15.5. The number of thioether (sulfide) groups is 1. The molecule has 0 spiro atoms. The maximum absolute atomic E-state index is 14.2. The third-order valence-corrected chi connectivity index (χ3v) is 6.85. The molecule has 0 atom stereocenters. The van der Waals surface area contributed by atoms with Gasteiger partial charge in [0.05, 0.1) is 20.6 Å². The van der Waals surface area contributed by atoms with E-state index >= 15 is 0 Å². The van der Waals surface area contributed by atoms with Gasteiger partial charge in [-0.1, -0.05) is 59.3 Å². The van der Waals surface area contributed by atoms with E-state index in [0.29, 0.717) is 19.3 Å². The van der Waals surface area contributed by atoms with Crippen molar-refractivity contribution in [1.82, 2.24) is 4.57 Å². The van der Waals surface area contributed by atoms with Crippen LogP contribution in [-0.4, -0.2) is 14.8 Å². The summed E-state index contributed by atoms with van der Waals surface area (Å²) in [5.74, 6) is -0.831. The molecular weight excluding hydrogens is 462 g/mol. The van der Waals surface area contributed by atoms with Crippen molar-refractivity contribution < 1.29 is 9.18 Å². The van der Waals surface area contributed by atoms with E-state index in [2.05, 4.69) is 0 Å². The smallest absolute Gasteiger partial charge is 0.270 e. The van der Waals surface area contributed by atoms with Crippen LogP contribution in [0.25, 0.3) is 11.8 Å². The summed E-state index contributed by atoms with van der Waals surface area (Å²) in [6.45, 7) is 3.93. The van der Waals surface area contributed by atoms with Crippen LogP contribution in [0.5, 0.6) is 0 Å². The molecule has 1 aliphatic heterocycles. The molecule has 2 heterocycles. The van der Waals surface area contributed by atoms with E-state index in [9.17, 15) is 9.18 Å². The van der Waals surface area contributed by atoms with Gasteiger partial charge >= 0.3 is 0 Å². The van der Waals surface area contributed by atoms with E-state index in [-0.39, 0.29) is 11.6 Å². The molecule has 1 saturated heterocycles. The molecule has 30 heavy (non-hydrogen) atoms. The number of hydrogen-bond acceptors (Lipinski definition) is 3. The van der Waals surface area contributed by atoms with Crippen molar-refractivity contribution >= 4 is 69.2 Å². The Bertz CT molecular complexity index is 1240. The van der Waals surface area contributed by atoms with Gasteiger partial charge in [0.15, 0.2) is 4.32 Å². The summed E-state index contributed by atoms with van der Waals surface area (Å²) in [5.41, 5.74) is 3.80. The number of aryl methyl sites for hydroxylation is 1. The predicted molar refractivity (Wildman–Crippen MR) is 127 cm³/mol. The van der Waals surface area contributed by atoms with Gasteiger partial charge in [0.1, 0.15) is 5.82 Å². The van der Waals surface area contributed by atoms with Gasteiger partial charge in [-0.05, 0) is 61.9 Å². The standard InChI is InChI=1S/C22H15Cl2FN2OS2/c1-12-9-14(13(2)26(12)15-7-8-16(23)17(24)11-15)10-20-21(28)27(22(29)30-20)19-6-4-3-5-18(19)25/h3-11H,1-2H3/b20-10+. The van der Waals surface area contributed by atoms with Crippen LogP contribution in [0.1, 0.15) is 17.0 Å². The zero-order chi connectivity index (χ0) is 21.6. The van der Waals surface area contributed by atoms with Crippen LogP contribution < -0.4 is 4.90 Å². The quantitative estimate of drug-likeness (QED) is 0.302. The molecule has 1 amide bonds. The fraction of sp³-hybridized carbons (Fsp3) is 0.0909. The third-order valence-electron chi connectivity index (χ3n) is 4.81. The van der Waals surface area contributed by atoms with E-state index < -0.39 is 5.82 Å². The lowest BCUT2D eigenvalue weighted by Crippen LogP contribution is -2.28. The number of thiocarbonyl (C=S) groups is 1. The number of rotatable bonds is 3. The van der Waals surface area contributed by atoms with Crippen LogP contribution in [0.4, 0.5) is 10.1 Å². The lowest BCUT2D eigenvalue weighted by Gasteiger charge is -2.14. The van der Waals surface area contributed by atoms with Crippen molar-refractivity contribution in [2.45, 2.75) is 13.8 Å².